The maximum atomic E-state index is 11.6. The first-order chi connectivity index (χ1) is 14.1. The fraction of sp³-hybridized carbons (Fsp3) is 0. The second-order valence-electron chi connectivity index (χ2n) is 5.61. The average molecular weight is 493 g/mol. The van der Waals surface area contributed by atoms with Crippen LogP contribution in [0.5, 0.6) is 0 Å². The number of nitro groups is 1. The van der Waals surface area contributed by atoms with Gasteiger partial charge in [-0.15, -0.1) is 5.11 Å². The van der Waals surface area contributed by atoms with Crippen molar-refractivity contribution in [1.29, 1.82) is 0 Å². The van der Waals surface area contributed by atoms with Crippen LogP contribution in [0.25, 0.3) is 12.2 Å². The van der Waals surface area contributed by atoms with Crippen LogP contribution in [0.15, 0.2) is 55.8 Å². The van der Waals surface area contributed by atoms with E-state index in [-0.39, 0.29) is 16.8 Å². The first kappa shape index (κ1) is 24.2. The third-order valence-corrected chi connectivity index (χ3v) is 5.57. The summed E-state index contributed by atoms with van der Waals surface area (Å²) in [7, 11) is -14.6. The molecular weight excluding hydrogens is 482 g/mol. The molecular formula is C14H11N3O11S3. The van der Waals surface area contributed by atoms with Gasteiger partial charge in [0.1, 0.15) is 9.79 Å². The van der Waals surface area contributed by atoms with Crippen LogP contribution < -0.4 is 0 Å². The Morgan fingerprint density at radius 2 is 1.29 bits per heavy atom. The molecule has 0 atom stereocenters. The summed E-state index contributed by atoms with van der Waals surface area (Å²) < 4.78 is 97.3. The molecule has 2 aromatic carbocycles. The molecule has 0 fully saturated rings. The van der Waals surface area contributed by atoms with Crippen molar-refractivity contribution in [3.8, 4) is 0 Å². The number of nitro benzene ring substituents is 1. The van der Waals surface area contributed by atoms with E-state index in [2.05, 4.69) is 9.63 Å². The predicted octanol–water partition coefficient (Wildman–Crippen LogP) is 2.15. The Morgan fingerprint density at radius 1 is 0.806 bits per heavy atom. The van der Waals surface area contributed by atoms with Gasteiger partial charge in [0, 0.05) is 12.1 Å². The van der Waals surface area contributed by atoms with Crippen molar-refractivity contribution in [1.82, 2.24) is 0 Å². The fourth-order valence-electron chi connectivity index (χ4n) is 2.22. The molecule has 3 N–H and O–H groups in total. The highest BCUT2D eigenvalue weighted by Crippen LogP contribution is 2.27. The van der Waals surface area contributed by atoms with Crippen LogP contribution in [0.3, 0.4) is 0 Å². The minimum absolute atomic E-state index is 0.229. The summed E-state index contributed by atoms with van der Waals surface area (Å²) in [4.78, 5) is 8.31. The van der Waals surface area contributed by atoms with Crippen LogP contribution in [-0.2, 0) is 30.5 Å². The normalized spacial score (nSPS) is 13.1. The van der Waals surface area contributed by atoms with Crippen molar-refractivity contribution in [3.63, 3.8) is 0 Å². The van der Waals surface area contributed by atoms with Crippen molar-refractivity contribution in [3.05, 3.63) is 57.6 Å². The van der Waals surface area contributed by atoms with E-state index in [9.17, 15) is 44.5 Å². The molecule has 2 rings (SSSR count). The highest BCUT2D eigenvalue weighted by atomic mass is 32.2. The summed E-state index contributed by atoms with van der Waals surface area (Å²) in [6.45, 7) is 0. The lowest BCUT2D eigenvalue weighted by atomic mass is 10.1. The molecule has 0 saturated heterocycles. The number of hydrogen-bond acceptors (Lipinski definition) is 9. The van der Waals surface area contributed by atoms with Gasteiger partial charge in [-0.25, -0.2) is 0 Å². The molecule has 0 aliphatic rings. The van der Waals surface area contributed by atoms with Gasteiger partial charge in [0.2, 0.25) is 0 Å². The van der Waals surface area contributed by atoms with E-state index in [1.807, 2.05) is 0 Å². The molecule has 0 amide bonds. The summed E-state index contributed by atoms with van der Waals surface area (Å²) in [5, 5.41) is 13.9. The second-order valence-corrected chi connectivity index (χ2v) is 9.45. The minimum atomic E-state index is -4.89. The number of non-ortho nitro benzene ring substituents is 1. The van der Waals surface area contributed by atoms with Gasteiger partial charge < -0.3 is 0 Å². The topological polar surface area (TPSA) is 231 Å². The molecule has 0 unspecified atom stereocenters. The Morgan fingerprint density at radius 3 is 1.74 bits per heavy atom. The van der Waals surface area contributed by atoms with E-state index in [4.69, 9.17) is 4.55 Å². The molecule has 14 nitrogen and oxygen atoms in total. The molecule has 166 valence electrons. The maximum Gasteiger partial charge on any atom is 0.396 e. The highest BCUT2D eigenvalue weighted by Gasteiger charge is 2.20. The first-order valence-electron chi connectivity index (χ1n) is 7.54. The van der Waals surface area contributed by atoms with Crippen molar-refractivity contribution < 1.29 is 43.8 Å². The molecule has 0 heterocycles. The Kier molecular flexibility index (Phi) is 6.69. The monoisotopic (exact) mass is 493 g/mol. The third kappa shape index (κ3) is 6.70. The smallest absolute Gasteiger partial charge is 0.282 e. The van der Waals surface area contributed by atoms with E-state index in [1.165, 1.54) is 0 Å². The van der Waals surface area contributed by atoms with Gasteiger partial charge >= 0.3 is 10.3 Å². The molecule has 31 heavy (non-hydrogen) atoms. The predicted molar refractivity (Wildman–Crippen MR) is 104 cm³/mol. The van der Waals surface area contributed by atoms with Crippen LogP contribution in [0.1, 0.15) is 11.1 Å². The van der Waals surface area contributed by atoms with Gasteiger partial charge in [0.15, 0.2) is 0 Å². The van der Waals surface area contributed by atoms with Gasteiger partial charge in [-0.2, -0.15) is 25.3 Å². The SMILES string of the molecule is O=[N+]([O-])c1ccc(/C=C/c2ccc(N=NS(=O)(=O)O)cc2S(=O)(=O)O)c(S(=O)(=O)O)c1. The molecule has 0 aliphatic heterocycles. The molecule has 2 aromatic rings. The van der Waals surface area contributed by atoms with E-state index < -0.39 is 50.9 Å². The van der Waals surface area contributed by atoms with Gasteiger partial charge in [0.25, 0.3) is 25.9 Å². The lowest BCUT2D eigenvalue weighted by molar-refractivity contribution is -0.385. The van der Waals surface area contributed by atoms with Gasteiger partial charge in [0.05, 0.1) is 10.6 Å². The average Bonchev–Trinajstić information content (AvgIpc) is 2.62. The zero-order valence-corrected chi connectivity index (χ0v) is 17.2. The number of benzene rings is 2. The van der Waals surface area contributed by atoms with Gasteiger partial charge in [-0.05, 0) is 33.8 Å². The van der Waals surface area contributed by atoms with Crippen molar-refractivity contribution in [2.24, 2.45) is 9.63 Å². The lowest BCUT2D eigenvalue weighted by Crippen LogP contribution is -2.02. The quantitative estimate of drug-likeness (QED) is 0.166. The van der Waals surface area contributed by atoms with E-state index >= 15 is 0 Å². The molecule has 0 aliphatic carbocycles. The highest BCUT2D eigenvalue weighted by molar-refractivity contribution is 7.86. The fourth-order valence-corrected chi connectivity index (χ4v) is 3.83. The third-order valence-electron chi connectivity index (χ3n) is 3.46. The zero-order valence-electron chi connectivity index (χ0n) is 14.8. The van der Waals surface area contributed by atoms with Gasteiger partial charge in [-0.3, -0.25) is 23.8 Å². The Hall–Kier alpha value is -3.09. The van der Waals surface area contributed by atoms with Gasteiger partial charge in [-0.1, -0.05) is 18.2 Å². The molecule has 0 aromatic heterocycles. The summed E-state index contributed by atoms with van der Waals surface area (Å²) >= 11 is 0. The number of hydrogen-bond donors (Lipinski definition) is 3. The minimum Gasteiger partial charge on any atom is -0.282 e. The molecule has 0 radical (unpaired) electrons. The Balaban J connectivity index is 2.61. The van der Waals surface area contributed by atoms with E-state index in [0.29, 0.717) is 12.1 Å². The number of rotatable bonds is 7. The van der Waals surface area contributed by atoms with Crippen LogP contribution in [-0.4, -0.2) is 43.8 Å². The van der Waals surface area contributed by atoms with Crippen LogP contribution in [0.4, 0.5) is 11.4 Å². The summed E-state index contributed by atoms with van der Waals surface area (Å²) in [5.74, 6) is 0. The first-order valence-corrected chi connectivity index (χ1v) is 11.8. The van der Waals surface area contributed by atoms with Crippen molar-refractivity contribution in [2.75, 3.05) is 0 Å². The molecule has 17 heteroatoms. The molecule has 0 spiro atoms. The second kappa shape index (κ2) is 8.57. The standard InChI is InChI=1S/C14H11N3O11S3/c18-17(19)12-6-4-10(14(8-12)30(23,24)25)2-1-9-3-5-11(15-16-31(26,27)28)7-13(9)29(20,21)22/h1-8H,(H,20,21,22)(H,23,24,25)(H,26,27,28)/b2-1+,16-15?. The zero-order chi connectivity index (χ0) is 23.6. The lowest BCUT2D eigenvalue weighted by Gasteiger charge is -2.05. The van der Waals surface area contributed by atoms with Crippen LogP contribution >= 0.6 is 0 Å². The number of nitrogens with zero attached hydrogens (tertiary/aromatic N) is 3. The van der Waals surface area contributed by atoms with E-state index in [1.54, 1.807) is 0 Å². The Bertz CT molecular complexity index is 1430. The summed E-state index contributed by atoms with van der Waals surface area (Å²) in [6, 6.07) is 5.33. The van der Waals surface area contributed by atoms with Crippen molar-refractivity contribution in [2.45, 2.75) is 9.79 Å². The van der Waals surface area contributed by atoms with Crippen LogP contribution in [0, 0.1) is 10.1 Å². The van der Waals surface area contributed by atoms with Crippen LogP contribution in [0.2, 0.25) is 0 Å². The van der Waals surface area contributed by atoms with E-state index in [0.717, 1.165) is 36.4 Å². The molecule has 0 saturated carbocycles. The maximum absolute atomic E-state index is 11.6. The molecule has 0 bridgehead atoms. The summed E-state index contributed by atoms with van der Waals surface area (Å²) in [6.07, 6.45) is 2.00. The largest absolute Gasteiger partial charge is 0.396 e. The Labute approximate surface area is 175 Å². The van der Waals surface area contributed by atoms with Crippen molar-refractivity contribution >= 4 is 54.1 Å². The summed E-state index contributed by atoms with van der Waals surface area (Å²) in [5.41, 5.74) is -1.48.